The van der Waals surface area contributed by atoms with Crippen LogP contribution in [-0.2, 0) is 15.8 Å². The zero-order valence-corrected chi connectivity index (χ0v) is 16.4. The van der Waals surface area contributed by atoms with Gasteiger partial charge >= 0.3 is 6.18 Å². The normalized spacial score (nSPS) is 16.2. The third kappa shape index (κ3) is 5.11. The number of nitrogens with zero attached hydrogens (tertiary/aromatic N) is 1. The molecule has 0 saturated carbocycles. The van der Waals surface area contributed by atoms with Crippen molar-refractivity contribution in [1.29, 1.82) is 0 Å². The molecule has 162 valence electrons. The number of carbonyl (C=O) groups is 3. The van der Waals surface area contributed by atoms with E-state index in [0.717, 1.165) is 12.1 Å². The summed E-state index contributed by atoms with van der Waals surface area (Å²) in [6.07, 6.45) is -3.16. The number of amides is 3. The molecule has 6 nitrogen and oxygen atoms in total. The standard InChI is InChI=1S/C22H20F3N3O3/c1-2-10-26-21(31)17-8-3-4-9-18(17)27-20(30)14-11-19(29)28(13-14)16-7-5-6-15(12-16)22(23,24)25/h2-9,12,14H,1,10-11,13H2,(H,26,31)(H,27,30)/t14-/m1/s1. The van der Waals surface area contributed by atoms with Crippen LogP contribution in [0.25, 0.3) is 0 Å². The Hall–Kier alpha value is -3.62. The van der Waals surface area contributed by atoms with Crippen molar-refractivity contribution in [3.63, 3.8) is 0 Å². The van der Waals surface area contributed by atoms with E-state index in [2.05, 4.69) is 17.2 Å². The second-order valence-corrected chi connectivity index (χ2v) is 6.99. The maximum absolute atomic E-state index is 13.0. The van der Waals surface area contributed by atoms with Crippen LogP contribution >= 0.6 is 0 Å². The molecule has 0 aliphatic carbocycles. The first-order chi connectivity index (χ1) is 14.7. The van der Waals surface area contributed by atoms with Gasteiger partial charge in [-0.25, -0.2) is 0 Å². The second kappa shape index (κ2) is 9.03. The first-order valence-electron chi connectivity index (χ1n) is 9.47. The predicted octanol–water partition coefficient (Wildman–Crippen LogP) is 3.61. The van der Waals surface area contributed by atoms with Crippen LogP contribution in [0.1, 0.15) is 22.3 Å². The monoisotopic (exact) mass is 431 g/mol. The predicted molar refractivity (Wildman–Crippen MR) is 110 cm³/mol. The Morgan fingerprint density at radius 2 is 1.90 bits per heavy atom. The van der Waals surface area contributed by atoms with Crippen molar-refractivity contribution < 1.29 is 27.6 Å². The number of nitrogens with one attached hydrogen (secondary N) is 2. The fourth-order valence-corrected chi connectivity index (χ4v) is 3.27. The van der Waals surface area contributed by atoms with Crippen molar-refractivity contribution in [1.82, 2.24) is 5.32 Å². The molecule has 1 aliphatic rings. The van der Waals surface area contributed by atoms with Gasteiger partial charge < -0.3 is 15.5 Å². The molecule has 1 aliphatic heterocycles. The van der Waals surface area contributed by atoms with E-state index < -0.39 is 35.4 Å². The van der Waals surface area contributed by atoms with Gasteiger partial charge in [0.15, 0.2) is 0 Å². The highest BCUT2D eigenvalue weighted by molar-refractivity contribution is 6.07. The van der Waals surface area contributed by atoms with Gasteiger partial charge in [0, 0.05) is 25.2 Å². The van der Waals surface area contributed by atoms with Crippen LogP contribution in [0.15, 0.2) is 61.2 Å². The molecule has 2 aromatic carbocycles. The number of para-hydroxylation sites is 1. The summed E-state index contributed by atoms with van der Waals surface area (Å²) in [5, 5.41) is 5.28. The number of carbonyl (C=O) groups excluding carboxylic acids is 3. The summed E-state index contributed by atoms with van der Waals surface area (Å²) in [6, 6.07) is 10.8. The van der Waals surface area contributed by atoms with Crippen molar-refractivity contribution in [2.24, 2.45) is 5.92 Å². The molecular weight excluding hydrogens is 411 g/mol. The van der Waals surface area contributed by atoms with Crippen LogP contribution in [0.3, 0.4) is 0 Å². The van der Waals surface area contributed by atoms with Gasteiger partial charge in [0.05, 0.1) is 22.7 Å². The Bertz CT molecular complexity index is 1020. The molecule has 3 amide bonds. The van der Waals surface area contributed by atoms with Crippen LogP contribution in [0.4, 0.5) is 24.5 Å². The van der Waals surface area contributed by atoms with Crippen LogP contribution in [0.2, 0.25) is 0 Å². The minimum absolute atomic E-state index is 0.0587. The number of benzene rings is 2. The molecule has 0 radical (unpaired) electrons. The Kier molecular flexibility index (Phi) is 6.43. The van der Waals surface area contributed by atoms with E-state index in [1.807, 2.05) is 0 Å². The number of hydrogen-bond acceptors (Lipinski definition) is 3. The van der Waals surface area contributed by atoms with Gasteiger partial charge in [-0.1, -0.05) is 24.3 Å². The molecule has 1 atom stereocenters. The number of hydrogen-bond donors (Lipinski definition) is 2. The molecule has 31 heavy (non-hydrogen) atoms. The Labute approximate surface area is 176 Å². The summed E-state index contributed by atoms with van der Waals surface area (Å²) in [4.78, 5) is 38.6. The summed E-state index contributed by atoms with van der Waals surface area (Å²) in [6.45, 7) is 3.72. The largest absolute Gasteiger partial charge is 0.416 e. The summed E-state index contributed by atoms with van der Waals surface area (Å²) in [7, 11) is 0. The Morgan fingerprint density at radius 3 is 2.61 bits per heavy atom. The average Bonchev–Trinajstić information content (AvgIpc) is 3.13. The molecule has 9 heteroatoms. The molecule has 0 unspecified atom stereocenters. The van der Waals surface area contributed by atoms with E-state index >= 15 is 0 Å². The molecule has 0 spiro atoms. The van der Waals surface area contributed by atoms with Gasteiger partial charge in [-0.15, -0.1) is 6.58 Å². The van der Waals surface area contributed by atoms with Crippen LogP contribution in [-0.4, -0.2) is 30.8 Å². The lowest BCUT2D eigenvalue weighted by Gasteiger charge is -2.18. The van der Waals surface area contributed by atoms with Crippen molar-refractivity contribution in [3.8, 4) is 0 Å². The van der Waals surface area contributed by atoms with Crippen LogP contribution in [0, 0.1) is 5.92 Å². The molecule has 1 saturated heterocycles. The van der Waals surface area contributed by atoms with E-state index in [1.54, 1.807) is 24.3 Å². The van der Waals surface area contributed by atoms with Gasteiger partial charge in [0.25, 0.3) is 5.91 Å². The molecule has 2 N–H and O–H groups in total. The van der Waals surface area contributed by atoms with Crippen molar-refractivity contribution in [3.05, 3.63) is 72.3 Å². The maximum atomic E-state index is 13.0. The number of halogens is 3. The Morgan fingerprint density at radius 1 is 1.16 bits per heavy atom. The van der Waals surface area contributed by atoms with Crippen molar-refractivity contribution in [2.45, 2.75) is 12.6 Å². The highest BCUT2D eigenvalue weighted by Crippen LogP contribution is 2.33. The quantitative estimate of drug-likeness (QED) is 0.686. The minimum Gasteiger partial charge on any atom is -0.349 e. The van der Waals surface area contributed by atoms with Gasteiger partial charge in [-0.3, -0.25) is 14.4 Å². The fraction of sp³-hybridized carbons (Fsp3) is 0.227. The molecule has 1 fully saturated rings. The third-order valence-electron chi connectivity index (χ3n) is 4.82. The maximum Gasteiger partial charge on any atom is 0.416 e. The lowest BCUT2D eigenvalue weighted by Crippen LogP contribution is -2.29. The van der Waals surface area contributed by atoms with E-state index in [4.69, 9.17) is 0 Å². The van der Waals surface area contributed by atoms with Gasteiger partial charge in [-0.05, 0) is 30.3 Å². The molecular formula is C22H20F3N3O3. The zero-order valence-electron chi connectivity index (χ0n) is 16.4. The minimum atomic E-state index is -4.54. The first-order valence-corrected chi connectivity index (χ1v) is 9.47. The highest BCUT2D eigenvalue weighted by atomic mass is 19.4. The SMILES string of the molecule is C=CCNC(=O)c1ccccc1NC(=O)[C@@H]1CC(=O)N(c2cccc(C(F)(F)F)c2)C1. The van der Waals surface area contributed by atoms with E-state index in [0.29, 0.717) is 0 Å². The fourth-order valence-electron chi connectivity index (χ4n) is 3.27. The van der Waals surface area contributed by atoms with E-state index in [1.165, 1.54) is 23.1 Å². The topological polar surface area (TPSA) is 78.5 Å². The van der Waals surface area contributed by atoms with Gasteiger partial charge in [0.2, 0.25) is 11.8 Å². The summed E-state index contributed by atoms with van der Waals surface area (Å²) < 4.78 is 38.9. The van der Waals surface area contributed by atoms with Crippen molar-refractivity contribution in [2.75, 3.05) is 23.3 Å². The lowest BCUT2D eigenvalue weighted by molar-refractivity contribution is -0.137. The summed E-state index contributed by atoms with van der Waals surface area (Å²) >= 11 is 0. The highest BCUT2D eigenvalue weighted by Gasteiger charge is 2.37. The smallest absolute Gasteiger partial charge is 0.349 e. The molecule has 3 rings (SSSR count). The molecule has 2 aromatic rings. The molecule has 1 heterocycles. The van der Waals surface area contributed by atoms with Crippen LogP contribution < -0.4 is 15.5 Å². The first kappa shape index (κ1) is 22.1. The average molecular weight is 431 g/mol. The van der Waals surface area contributed by atoms with Gasteiger partial charge in [-0.2, -0.15) is 13.2 Å². The van der Waals surface area contributed by atoms with Crippen LogP contribution in [0.5, 0.6) is 0 Å². The number of rotatable bonds is 6. The van der Waals surface area contributed by atoms with E-state index in [-0.39, 0.29) is 36.4 Å². The second-order valence-electron chi connectivity index (χ2n) is 6.99. The number of alkyl halides is 3. The van der Waals surface area contributed by atoms with Crippen molar-refractivity contribution >= 4 is 29.1 Å². The molecule has 0 aromatic heterocycles. The van der Waals surface area contributed by atoms with Gasteiger partial charge in [0.1, 0.15) is 0 Å². The Balaban J connectivity index is 1.73. The molecule has 0 bridgehead atoms. The zero-order chi connectivity index (χ0) is 22.6. The number of anilines is 2. The lowest BCUT2D eigenvalue weighted by atomic mass is 10.1. The van der Waals surface area contributed by atoms with E-state index in [9.17, 15) is 27.6 Å². The summed E-state index contributed by atoms with van der Waals surface area (Å²) in [5.74, 6) is -2.11. The summed E-state index contributed by atoms with van der Waals surface area (Å²) in [5.41, 5.74) is -0.264. The third-order valence-corrected chi connectivity index (χ3v) is 4.82.